The van der Waals surface area contributed by atoms with Crippen molar-refractivity contribution >= 4 is 11.8 Å². The number of piperidine rings is 1. The minimum absolute atomic E-state index is 0.0114. The van der Waals surface area contributed by atoms with Gasteiger partial charge < -0.3 is 10.2 Å². The summed E-state index contributed by atoms with van der Waals surface area (Å²) in [7, 11) is 1.81. The van der Waals surface area contributed by atoms with Gasteiger partial charge in [-0.25, -0.2) is 0 Å². The Balaban J connectivity index is 2.40. The highest BCUT2D eigenvalue weighted by atomic mass is 16.2. The number of amides is 2. The molecule has 0 bridgehead atoms. The zero-order valence-corrected chi connectivity index (χ0v) is 8.17. The highest BCUT2D eigenvalue weighted by Crippen LogP contribution is 2.15. The minimum atomic E-state index is -0.0685. The van der Waals surface area contributed by atoms with Gasteiger partial charge in [0.1, 0.15) is 0 Å². The molecular formula is C9H16N2O2. The molecule has 1 aliphatic heterocycles. The fourth-order valence-corrected chi connectivity index (χ4v) is 1.58. The van der Waals surface area contributed by atoms with Crippen LogP contribution in [-0.4, -0.2) is 36.9 Å². The van der Waals surface area contributed by atoms with Crippen LogP contribution < -0.4 is 5.32 Å². The average molecular weight is 184 g/mol. The van der Waals surface area contributed by atoms with Crippen LogP contribution in [0.25, 0.3) is 0 Å². The van der Waals surface area contributed by atoms with E-state index < -0.39 is 0 Å². The third-order valence-electron chi connectivity index (χ3n) is 2.37. The summed E-state index contributed by atoms with van der Waals surface area (Å²) >= 11 is 0. The molecule has 0 aromatic rings. The summed E-state index contributed by atoms with van der Waals surface area (Å²) in [5.41, 5.74) is 0. The van der Waals surface area contributed by atoms with Crippen molar-refractivity contribution in [1.29, 1.82) is 0 Å². The molecule has 74 valence electrons. The van der Waals surface area contributed by atoms with Crippen LogP contribution in [0.1, 0.15) is 19.8 Å². The van der Waals surface area contributed by atoms with Crippen molar-refractivity contribution in [2.24, 2.45) is 5.92 Å². The predicted octanol–water partition coefficient (Wildman–Crippen LogP) is -0.00910. The monoisotopic (exact) mass is 184 g/mol. The molecular weight excluding hydrogens is 168 g/mol. The Morgan fingerprint density at radius 2 is 2.38 bits per heavy atom. The van der Waals surface area contributed by atoms with Crippen LogP contribution in [0.2, 0.25) is 0 Å². The molecule has 1 rings (SSSR count). The maximum Gasteiger partial charge on any atom is 0.227 e. The van der Waals surface area contributed by atoms with Crippen molar-refractivity contribution in [2.45, 2.75) is 19.8 Å². The molecule has 4 heteroatoms. The lowest BCUT2D eigenvalue weighted by Crippen LogP contribution is -2.43. The number of carbonyl (C=O) groups excluding carboxylic acids is 2. The summed E-state index contributed by atoms with van der Waals surface area (Å²) in [4.78, 5) is 23.9. The second-order valence-electron chi connectivity index (χ2n) is 3.54. The van der Waals surface area contributed by atoms with E-state index in [2.05, 4.69) is 5.32 Å². The highest BCUT2D eigenvalue weighted by molar-refractivity contribution is 5.80. The van der Waals surface area contributed by atoms with Crippen molar-refractivity contribution in [3.63, 3.8) is 0 Å². The molecule has 1 fully saturated rings. The van der Waals surface area contributed by atoms with Crippen LogP contribution in [-0.2, 0) is 9.59 Å². The van der Waals surface area contributed by atoms with E-state index in [4.69, 9.17) is 0 Å². The van der Waals surface area contributed by atoms with Crippen LogP contribution in [0, 0.1) is 5.92 Å². The van der Waals surface area contributed by atoms with Gasteiger partial charge in [-0.05, 0) is 12.8 Å². The van der Waals surface area contributed by atoms with E-state index in [1.807, 2.05) is 7.05 Å². The second-order valence-corrected chi connectivity index (χ2v) is 3.54. The first-order valence-corrected chi connectivity index (χ1v) is 4.60. The second kappa shape index (κ2) is 4.25. The molecule has 0 aliphatic carbocycles. The number of nitrogens with zero attached hydrogens (tertiary/aromatic N) is 1. The van der Waals surface area contributed by atoms with E-state index in [0.717, 1.165) is 19.4 Å². The standard InChI is InChI=1S/C9H16N2O2/c1-7(12)10-6-8-4-3-5-11(2)9(8)13/h8H,3-6H2,1-2H3,(H,10,12). The highest BCUT2D eigenvalue weighted by Gasteiger charge is 2.25. The van der Waals surface area contributed by atoms with Gasteiger partial charge in [-0.1, -0.05) is 0 Å². The molecule has 1 atom stereocenters. The van der Waals surface area contributed by atoms with Crippen molar-refractivity contribution < 1.29 is 9.59 Å². The molecule has 1 N–H and O–H groups in total. The molecule has 0 radical (unpaired) electrons. The largest absolute Gasteiger partial charge is 0.356 e. The summed E-state index contributed by atoms with van der Waals surface area (Å²) in [6.07, 6.45) is 1.93. The smallest absolute Gasteiger partial charge is 0.227 e. The summed E-state index contributed by atoms with van der Waals surface area (Å²) in [5, 5.41) is 2.68. The van der Waals surface area contributed by atoms with E-state index in [0.29, 0.717) is 6.54 Å². The molecule has 0 spiro atoms. The van der Waals surface area contributed by atoms with Crippen LogP contribution in [0.3, 0.4) is 0 Å². The number of rotatable bonds is 2. The molecule has 1 aliphatic rings. The Morgan fingerprint density at radius 1 is 1.69 bits per heavy atom. The van der Waals surface area contributed by atoms with E-state index >= 15 is 0 Å². The lowest BCUT2D eigenvalue weighted by molar-refractivity contribution is -0.136. The number of hydrogen-bond acceptors (Lipinski definition) is 2. The quantitative estimate of drug-likeness (QED) is 0.656. The van der Waals surface area contributed by atoms with E-state index in [1.165, 1.54) is 6.92 Å². The van der Waals surface area contributed by atoms with Crippen LogP contribution in [0.15, 0.2) is 0 Å². The van der Waals surface area contributed by atoms with Gasteiger partial charge in [0.25, 0.3) is 0 Å². The molecule has 13 heavy (non-hydrogen) atoms. The van der Waals surface area contributed by atoms with Gasteiger partial charge in [-0.2, -0.15) is 0 Å². The minimum Gasteiger partial charge on any atom is -0.356 e. The van der Waals surface area contributed by atoms with Crippen LogP contribution >= 0.6 is 0 Å². The van der Waals surface area contributed by atoms with Crippen molar-refractivity contribution in [1.82, 2.24) is 10.2 Å². The number of nitrogens with one attached hydrogen (secondary N) is 1. The van der Waals surface area contributed by atoms with Crippen LogP contribution in [0.4, 0.5) is 0 Å². The van der Waals surface area contributed by atoms with Crippen molar-refractivity contribution in [3.8, 4) is 0 Å². The Labute approximate surface area is 78.3 Å². The zero-order valence-electron chi connectivity index (χ0n) is 8.17. The van der Waals surface area contributed by atoms with Gasteiger partial charge in [0.05, 0.1) is 5.92 Å². The number of hydrogen-bond donors (Lipinski definition) is 1. The summed E-state index contributed by atoms with van der Waals surface area (Å²) < 4.78 is 0. The third kappa shape index (κ3) is 2.72. The summed E-state index contributed by atoms with van der Waals surface area (Å²) in [6.45, 7) is 2.80. The van der Waals surface area contributed by atoms with E-state index in [-0.39, 0.29) is 17.7 Å². The summed E-state index contributed by atoms with van der Waals surface area (Å²) in [6, 6.07) is 0. The molecule has 4 nitrogen and oxygen atoms in total. The molecule has 1 unspecified atom stereocenters. The SMILES string of the molecule is CC(=O)NCC1CCCN(C)C1=O. The lowest BCUT2D eigenvalue weighted by Gasteiger charge is -2.29. The maximum atomic E-state index is 11.5. The Bertz CT molecular complexity index is 216. The first-order chi connectivity index (χ1) is 6.11. The fourth-order valence-electron chi connectivity index (χ4n) is 1.58. The normalized spacial score (nSPS) is 23.1. The topological polar surface area (TPSA) is 49.4 Å². The third-order valence-corrected chi connectivity index (χ3v) is 2.37. The molecule has 1 saturated heterocycles. The Kier molecular flexibility index (Phi) is 3.28. The number of carbonyl (C=O) groups is 2. The van der Waals surface area contributed by atoms with Crippen molar-refractivity contribution in [3.05, 3.63) is 0 Å². The zero-order chi connectivity index (χ0) is 9.84. The molecule has 1 heterocycles. The molecule has 2 amide bonds. The van der Waals surface area contributed by atoms with Gasteiger partial charge in [0.2, 0.25) is 11.8 Å². The molecule has 0 saturated carbocycles. The van der Waals surface area contributed by atoms with E-state index in [9.17, 15) is 9.59 Å². The Hall–Kier alpha value is -1.06. The summed E-state index contributed by atoms with van der Waals surface area (Å²) in [5.74, 6) is 0.0728. The average Bonchev–Trinajstić information content (AvgIpc) is 2.07. The van der Waals surface area contributed by atoms with Gasteiger partial charge >= 0.3 is 0 Å². The Morgan fingerprint density at radius 3 is 3.00 bits per heavy atom. The van der Waals surface area contributed by atoms with Crippen LogP contribution in [0.5, 0.6) is 0 Å². The first-order valence-electron chi connectivity index (χ1n) is 4.60. The molecule has 0 aromatic heterocycles. The molecule has 0 aromatic carbocycles. The fraction of sp³-hybridized carbons (Fsp3) is 0.778. The van der Waals surface area contributed by atoms with Gasteiger partial charge in [0.15, 0.2) is 0 Å². The number of likely N-dealkylation sites (tertiary alicyclic amines) is 1. The van der Waals surface area contributed by atoms with Crippen molar-refractivity contribution in [2.75, 3.05) is 20.1 Å². The van der Waals surface area contributed by atoms with Gasteiger partial charge in [-0.15, -0.1) is 0 Å². The lowest BCUT2D eigenvalue weighted by atomic mass is 9.97. The van der Waals surface area contributed by atoms with E-state index in [1.54, 1.807) is 4.90 Å². The van der Waals surface area contributed by atoms with Gasteiger partial charge in [-0.3, -0.25) is 9.59 Å². The predicted molar refractivity (Wildman–Crippen MR) is 49.0 cm³/mol. The van der Waals surface area contributed by atoms with Gasteiger partial charge in [0, 0.05) is 27.1 Å². The maximum absolute atomic E-state index is 11.5. The first kappa shape index (κ1) is 10.0.